The maximum atomic E-state index is 13.0. The maximum absolute atomic E-state index is 13.0. The molecule has 34 heavy (non-hydrogen) atoms. The molecular formula is C24H32Cl2N6O2. The van der Waals surface area contributed by atoms with Crippen molar-refractivity contribution in [2.75, 3.05) is 31.6 Å². The van der Waals surface area contributed by atoms with E-state index in [4.69, 9.17) is 14.7 Å². The number of anilines is 1. The van der Waals surface area contributed by atoms with Gasteiger partial charge in [-0.15, -0.1) is 24.8 Å². The topological polar surface area (TPSA) is 87.2 Å². The van der Waals surface area contributed by atoms with E-state index in [1.54, 1.807) is 7.11 Å². The van der Waals surface area contributed by atoms with Crippen LogP contribution in [0.25, 0.3) is 10.9 Å². The van der Waals surface area contributed by atoms with Crippen LogP contribution in [0.3, 0.4) is 0 Å². The van der Waals surface area contributed by atoms with Crippen LogP contribution in [-0.2, 0) is 19.5 Å². The van der Waals surface area contributed by atoms with Crippen LogP contribution in [0.2, 0.25) is 0 Å². The first kappa shape index (κ1) is 26.2. The van der Waals surface area contributed by atoms with E-state index in [2.05, 4.69) is 33.6 Å². The third-order valence-electron chi connectivity index (χ3n) is 6.51. The monoisotopic (exact) mass is 506 g/mol. The molecule has 0 bridgehead atoms. The molecule has 1 saturated heterocycles. The third-order valence-corrected chi connectivity index (χ3v) is 6.51. The van der Waals surface area contributed by atoms with Crippen LogP contribution in [0.1, 0.15) is 55.3 Å². The number of halogens is 2. The highest BCUT2D eigenvalue weighted by Gasteiger charge is 2.23. The summed E-state index contributed by atoms with van der Waals surface area (Å²) < 4.78 is 5.46. The smallest absolute Gasteiger partial charge is 0.260 e. The molecule has 1 N–H and O–H groups in total. The van der Waals surface area contributed by atoms with Crippen LogP contribution in [-0.4, -0.2) is 51.6 Å². The fourth-order valence-electron chi connectivity index (χ4n) is 4.74. The Morgan fingerprint density at radius 1 is 1.12 bits per heavy atom. The van der Waals surface area contributed by atoms with Gasteiger partial charge in [-0.1, -0.05) is 13.8 Å². The van der Waals surface area contributed by atoms with Crippen LogP contribution >= 0.6 is 24.8 Å². The largest absolute Gasteiger partial charge is 0.497 e. The average molecular weight is 507 g/mol. The maximum Gasteiger partial charge on any atom is 0.260 e. The molecule has 2 aliphatic heterocycles. The average Bonchev–Trinajstić information content (AvgIpc) is 3.30. The van der Waals surface area contributed by atoms with E-state index in [9.17, 15) is 4.79 Å². The Morgan fingerprint density at radius 2 is 1.88 bits per heavy atom. The lowest BCUT2D eigenvalue weighted by Crippen LogP contribution is -2.34. The Morgan fingerprint density at radius 3 is 2.59 bits per heavy atom. The van der Waals surface area contributed by atoms with Gasteiger partial charge in [0.25, 0.3) is 5.56 Å². The molecule has 0 amide bonds. The highest BCUT2D eigenvalue weighted by Crippen LogP contribution is 2.29. The van der Waals surface area contributed by atoms with Gasteiger partial charge in [0, 0.05) is 37.3 Å². The van der Waals surface area contributed by atoms with Crippen LogP contribution in [0.5, 0.6) is 5.75 Å². The van der Waals surface area contributed by atoms with E-state index < -0.39 is 0 Å². The summed E-state index contributed by atoms with van der Waals surface area (Å²) in [5.41, 5.74) is 3.70. The number of ether oxygens (including phenoxy) is 1. The van der Waals surface area contributed by atoms with Gasteiger partial charge in [-0.25, -0.2) is 15.0 Å². The minimum Gasteiger partial charge on any atom is -0.497 e. The standard InChI is InChI=1S/C24H30N6O2.2ClH/c1-15(2)18-10-17(32-3)11-20-22(18)23(31)28-24(27-20)30-9-6-19-16(13-30)12-25-21(26-19)14-29-7-4-5-8-29;;/h10-12,15H,4-9,13-14H2,1-3H3,(H,27,28,31);2*1H. The second-order valence-corrected chi connectivity index (χ2v) is 9.07. The van der Waals surface area contributed by atoms with Crippen molar-refractivity contribution in [1.29, 1.82) is 0 Å². The molecule has 2 aromatic heterocycles. The number of fused-ring (bicyclic) bond motifs is 2. The lowest BCUT2D eigenvalue weighted by atomic mass is 9.98. The van der Waals surface area contributed by atoms with Crippen LogP contribution in [0.4, 0.5) is 5.95 Å². The quantitative estimate of drug-likeness (QED) is 0.562. The molecule has 8 nitrogen and oxygen atoms in total. The highest BCUT2D eigenvalue weighted by atomic mass is 35.5. The molecule has 0 spiro atoms. The first-order valence-electron chi connectivity index (χ1n) is 11.4. The number of rotatable bonds is 5. The van der Waals surface area contributed by atoms with Crippen molar-refractivity contribution in [3.8, 4) is 5.75 Å². The minimum absolute atomic E-state index is 0. The zero-order valence-electron chi connectivity index (χ0n) is 19.8. The molecule has 1 fully saturated rings. The van der Waals surface area contributed by atoms with Crippen molar-refractivity contribution in [3.63, 3.8) is 0 Å². The summed E-state index contributed by atoms with van der Waals surface area (Å²) in [6.45, 7) is 8.63. The van der Waals surface area contributed by atoms with Gasteiger partial charge in [0.05, 0.1) is 30.3 Å². The van der Waals surface area contributed by atoms with E-state index in [1.165, 1.54) is 12.8 Å². The predicted octanol–water partition coefficient (Wildman–Crippen LogP) is 3.85. The van der Waals surface area contributed by atoms with Crippen molar-refractivity contribution in [2.45, 2.75) is 52.1 Å². The van der Waals surface area contributed by atoms with Gasteiger partial charge in [-0.05, 0) is 43.5 Å². The van der Waals surface area contributed by atoms with Gasteiger partial charge in [-0.2, -0.15) is 0 Å². The summed E-state index contributed by atoms with van der Waals surface area (Å²) in [6.07, 6.45) is 5.28. The Hall–Kier alpha value is -2.42. The molecule has 184 valence electrons. The molecule has 4 heterocycles. The number of nitrogens with one attached hydrogen (secondary N) is 1. The van der Waals surface area contributed by atoms with E-state index >= 15 is 0 Å². The molecule has 1 aromatic carbocycles. The fraction of sp³-hybridized carbons (Fsp3) is 0.500. The lowest BCUT2D eigenvalue weighted by molar-refractivity contribution is 0.321. The number of hydrogen-bond acceptors (Lipinski definition) is 7. The molecule has 0 aliphatic carbocycles. The molecular weight excluding hydrogens is 475 g/mol. The zero-order valence-corrected chi connectivity index (χ0v) is 21.5. The SMILES string of the molecule is COc1cc(C(C)C)c2c(=O)[nH]c(N3CCc4nc(CN5CCCC5)ncc4C3)nc2c1.Cl.Cl. The van der Waals surface area contributed by atoms with Crippen molar-refractivity contribution in [2.24, 2.45) is 0 Å². The first-order chi connectivity index (χ1) is 15.5. The lowest BCUT2D eigenvalue weighted by Gasteiger charge is -2.29. The molecule has 10 heteroatoms. The van der Waals surface area contributed by atoms with Gasteiger partial charge in [0.1, 0.15) is 11.6 Å². The highest BCUT2D eigenvalue weighted by molar-refractivity contribution is 5.86. The van der Waals surface area contributed by atoms with Gasteiger partial charge in [-0.3, -0.25) is 14.7 Å². The number of methoxy groups -OCH3 is 1. The predicted molar refractivity (Wildman–Crippen MR) is 139 cm³/mol. The molecule has 0 saturated carbocycles. The van der Waals surface area contributed by atoms with Crippen LogP contribution in [0.15, 0.2) is 23.1 Å². The van der Waals surface area contributed by atoms with Gasteiger partial charge in [0.2, 0.25) is 5.95 Å². The number of nitrogens with zero attached hydrogens (tertiary/aromatic N) is 5. The number of H-pyrrole nitrogens is 1. The number of benzene rings is 1. The summed E-state index contributed by atoms with van der Waals surface area (Å²) in [5.74, 6) is 2.39. The van der Waals surface area contributed by atoms with Crippen LogP contribution in [0, 0.1) is 0 Å². The van der Waals surface area contributed by atoms with Crippen LogP contribution < -0.4 is 15.2 Å². The van der Waals surface area contributed by atoms with Gasteiger partial charge < -0.3 is 9.64 Å². The molecule has 3 aromatic rings. The van der Waals surface area contributed by atoms with E-state index in [-0.39, 0.29) is 36.3 Å². The summed E-state index contributed by atoms with van der Waals surface area (Å²) in [5, 5.41) is 0.636. The molecule has 2 aliphatic rings. The molecule has 5 rings (SSSR count). The van der Waals surface area contributed by atoms with Gasteiger partial charge in [0.15, 0.2) is 0 Å². The summed E-state index contributed by atoms with van der Waals surface area (Å²) in [6, 6.07) is 3.77. The zero-order chi connectivity index (χ0) is 22.2. The molecule has 0 atom stereocenters. The normalized spacial score (nSPS) is 15.7. The van der Waals surface area contributed by atoms with Crippen molar-refractivity contribution >= 4 is 41.7 Å². The summed E-state index contributed by atoms with van der Waals surface area (Å²) in [4.78, 5) is 34.8. The Kier molecular flexibility index (Phi) is 8.38. The van der Waals surface area contributed by atoms with Crippen molar-refractivity contribution in [1.82, 2.24) is 24.8 Å². The first-order valence-corrected chi connectivity index (χ1v) is 11.4. The Balaban J connectivity index is 0.00000162. The second-order valence-electron chi connectivity index (χ2n) is 9.07. The van der Waals surface area contributed by atoms with Crippen molar-refractivity contribution < 1.29 is 4.74 Å². The summed E-state index contributed by atoms with van der Waals surface area (Å²) >= 11 is 0. The van der Waals surface area contributed by atoms with Gasteiger partial charge >= 0.3 is 0 Å². The Bertz CT molecular complexity index is 1210. The van der Waals surface area contributed by atoms with Crippen molar-refractivity contribution in [3.05, 3.63) is 51.3 Å². The molecule has 0 unspecified atom stereocenters. The second kappa shape index (κ2) is 10.9. The molecule has 0 radical (unpaired) electrons. The van der Waals surface area contributed by atoms with E-state index in [0.717, 1.165) is 55.2 Å². The van der Waals surface area contributed by atoms with E-state index in [0.29, 0.717) is 29.1 Å². The number of aromatic nitrogens is 4. The number of hydrogen-bond donors (Lipinski definition) is 1. The minimum atomic E-state index is -0.112. The Labute approximate surface area is 212 Å². The third kappa shape index (κ3) is 5.14. The summed E-state index contributed by atoms with van der Waals surface area (Å²) in [7, 11) is 1.64. The van der Waals surface area contributed by atoms with E-state index in [1.807, 2.05) is 18.3 Å². The number of likely N-dealkylation sites (tertiary alicyclic amines) is 1. The number of aromatic amines is 1. The fourth-order valence-corrected chi connectivity index (χ4v) is 4.74.